The summed E-state index contributed by atoms with van der Waals surface area (Å²) in [6.07, 6.45) is 3.49. The van der Waals surface area contributed by atoms with E-state index >= 15 is 0 Å². The van der Waals surface area contributed by atoms with Crippen LogP contribution < -0.4 is 5.32 Å². The SMILES string of the molecule is CCn1nc(C)cc1C(=O)NC1(C#N)CCCC1. The van der Waals surface area contributed by atoms with Gasteiger partial charge in [-0.05, 0) is 45.6 Å². The van der Waals surface area contributed by atoms with Crippen molar-refractivity contribution in [3.05, 3.63) is 17.5 Å². The van der Waals surface area contributed by atoms with Crippen molar-refractivity contribution in [1.29, 1.82) is 5.26 Å². The topological polar surface area (TPSA) is 70.7 Å². The Labute approximate surface area is 107 Å². The number of carbonyl (C=O) groups is 1. The van der Waals surface area contributed by atoms with Gasteiger partial charge in [0.1, 0.15) is 11.2 Å². The molecule has 1 fully saturated rings. The molecule has 1 amide bonds. The van der Waals surface area contributed by atoms with Crippen LogP contribution >= 0.6 is 0 Å². The van der Waals surface area contributed by atoms with Gasteiger partial charge in [0.25, 0.3) is 5.91 Å². The first-order valence-electron chi connectivity index (χ1n) is 6.38. The molecule has 1 aliphatic rings. The third-order valence-corrected chi connectivity index (χ3v) is 3.46. The molecule has 0 atom stereocenters. The van der Waals surface area contributed by atoms with E-state index in [1.807, 2.05) is 13.8 Å². The smallest absolute Gasteiger partial charge is 0.270 e. The van der Waals surface area contributed by atoms with Gasteiger partial charge in [-0.15, -0.1) is 0 Å². The average molecular weight is 246 g/mol. The third kappa shape index (κ3) is 2.23. The second kappa shape index (κ2) is 4.81. The molecule has 5 nitrogen and oxygen atoms in total. The number of nitriles is 1. The molecule has 18 heavy (non-hydrogen) atoms. The van der Waals surface area contributed by atoms with E-state index in [9.17, 15) is 10.1 Å². The van der Waals surface area contributed by atoms with Crippen LogP contribution in [0.3, 0.4) is 0 Å². The summed E-state index contributed by atoms with van der Waals surface area (Å²) >= 11 is 0. The predicted molar refractivity (Wildman–Crippen MR) is 66.9 cm³/mol. The van der Waals surface area contributed by atoms with E-state index in [2.05, 4.69) is 16.5 Å². The summed E-state index contributed by atoms with van der Waals surface area (Å²) in [4.78, 5) is 12.2. The number of aromatic nitrogens is 2. The quantitative estimate of drug-likeness (QED) is 0.883. The largest absolute Gasteiger partial charge is 0.332 e. The van der Waals surface area contributed by atoms with E-state index in [0.717, 1.165) is 31.4 Å². The molecule has 0 unspecified atom stereocenters. The zero-order valence-corrected chi connectivity index (χ0v) is 10.9. The zero-order chi connectivity index (χ0) is 13.2. The van der Waals surface area contributed by atoms with E-state index in [-0.39, 0.29) is 5.91 Å². The van der Waals surface area contributed by atoms with Crippen molar-refractivity contribution in [2.45, 2.75) is 51.6 Å². The van der Waals surface area contributed by atoms with Gasteiger partial charge < -0.3 is 5.32 Å². The van der Waals surface area contributed by atoms with Crippen molar-refractivity contribution in [2.24, 2.45) is 0 Å². The molecular formula is C13H18N4O. The first-order chi connectivity index (χ1) is 8.60. The standard InChI is InChI=1S/C13H18N4O/c1-3-17-11(8-10(2)16-17)12(18)15-13(9-14)6-4-5-7-13/h8H,3-7H2,1-2H3,(H,15,18). The molecule has 1 aromatic heterocycles. The molecule has 1 saturated carbocycles. The molecule has 0 bridgehead atoms. The minimum absolute atomic E-state index is 0.194. The summed E-state index contributed by atoms with van der Waals surface area (Å²) in [5.74, 6) is -0.194. The number of carbonyl (C=O) groups excluding carboxylic acids is 1. The Balaban J connectivity index is 2.19. The molecule has 5 heteroatoms. The van der Waals surface area contributed by atoms with Gasteiger partial charge in [0.05, 0.1) is 11.8 Å². The Morgan fingerprint density at radius 1 is 1.61 bits per heavy atom. The monoisotopic (exact) mass is 246 g/mol. The molecule has 2 rings (SSSR count). The maximum atomic E-state index is 12.2. The lowest BCUT2D eigenvalue weighted by Gasteiger charge is -2.21. The van der Waals surface area contributed by atoms with Gasteiger partial charge in [0, 0.05) is 6.54 Å². The van der Waals surface area contributed by atoms with Crippen LogP contribution in [0.15, 0.2) is 6.07 Å². The van der Waals surface area contributed by atoms with Crippen molar-refractivity contribution in [2.75, 3.05) is 0 Å². The van der Waals surface area contributed by atoms with Gasteiger partial charge in [-0.3, -0.25) is 9.48 Å². The van der Waals surface area contributed by atoms with Gasteiger partial charge in [0.2, 0.25) is 0 Å². The molecular weight excluding hydrogens is 228 g/mol. The van der Waals surface area contributed by atoms with Gasteiger partial charge in [0.15, 0.2) is 0 Å². The van der Waals surface area contributed by atoms with Crippen LogP contribution in [-0.4, -0.2) is 21.2 Å². The number of hydrogen-bond donors (Lipinski definition) is 1. The van der Waals surface area contributed by atoms with E-state index in [0.29, 0.717) is 12.2 Å². The number of hydrogen-bond acceptors (Lipinski definition) is 3. The molecule has 0 spiro atoms. The Morgan fingerprint density at radius 2 is 2.28 bits per heavy atom. The lowest BCUT2D eigenvalue weighted by atomic mass is 10.00. The van der Waals surface area contributed by atoms with Gasteiger partial charge in [-0.1, -0.05) is 0 Å². The van der Waals surface area contributed by atoms with Crippen molar-refractivity contribution in [3.8, 4) is 6.07 Å². The number of nitrogens with one attached hydrogen (secondary N) is 1. The van der Waals surface area contributed by atoms with Crippen molar-refractivity contribution in [3.63, 3.8) is 0 Å². The van der Waals surface area contributed by atoms with Crippen LogP contribution in [-0.2, 0) is 6.54 Å². The van der Waals surface area contributed by atoms with Crippen molar-refractivity contribution >= 4 is 5.91 Å². The Hall–Kier alpha value is -1.83. The highest BCUT2D eigenvalue weighted by Gasteiger charge is 2.36. The molecule has 1 aliphatic carbocycles. The van der Waals surface area contributed by atoms with Gasteiger partial charge in [-0.25, -0.2) is 0 Å². The number of amides is 1. The fraction of sp³-hybridized carbons (Fsp3) is 0.615. The lowest BCUT2D eigenvalue weighted by molar-refractivity contribution is 0.0909. The first kappa shape index (κ1) is 12.6. The Morgan fingerprint density at radius 3 is 2.83 bits per heavy atom. The average Bonchev–Trinajstić information content (AvgIpc) is 2.96. The van der Waals surface area contributed by atoms with Crippen LogP contribution in [0.1, 0.15) is 48.8 Å². The Bertz CT molecular complexity index is 492. The summed E-state index contributed by atoms with van der Waals surface area (Å²) in [6.45, 7) is 4.45. The predicted octanol–water partition coefficient (Wildman–Crippen LogP) is 1.78. The highest BCUT2D eigenvalue weighted by molar-refractivity contribution is 5.93. The second-order valence-electron chi connectivity index (χ2n) is 4.84. The third-order valence-electron chi connectivity index (χ3n) is 3.46. The van der Waals surface area contributed by atoms with Crippen molar-refractivity contribution in [1.82, 2.24) is 15.1 Å². The van der Waals surface area contributed by atoms with Crippen LogP contribution in [0.2, 0.25) is 0 Å². The summed E-state index contributed by atoms with van der Waals surface area (Å²) in [5, 5.41) is 16.4. The summed E-state index contributed by atoms with van der Waals surface area (Å²) in [7, 11) is 0. The maximum absolute atomic E-state index is 12.2. The van der Waals surface area contributed by atoms with Crippen LogP contribution in [0.4, 0.5) is 0 Å². The summed E-state index contributed by atoms with van der Waals surface area (Å²) < 4.78 is 1.67. The van der Waals surface area contributed by atoms with E-state index in [1.54, 1.807) is 10.7 Å². The number of aryl methyl sites for hydroxylation is 2. The molecule has 0 aromatic carbocycles. The highest BCUT2D eigenvalue weighted by atomic mass is 16.2. The first-order valence-corrected chi connectivity index (χ1v) is 6.38. The van der Waals surface area contributed by atoms with Crippen LogP contribution in [0, 0.1) is 18.3 Å². The normalized spacial score (nSPS) is 17.4. The van der Waals surface area contributed by atoms with Crippen molar-refractivity contribution < 1.29 is 4.79 Å². The molecule has 1 N–H and O–H groups in total. The minimum atomic E-state index is -0.673. The molecule has 0 saturated heterocycles. The molecule has 0 radical (unpaired) electrons. The van der Waals surface area contributed by atoms with Gasteiger partial charge >= 0.3 is 0 Å². The summed E-state index contributed by atoms with van der Waals surface area (Å²) in [5.41, 5.74) is 0.685. The van der Waals surface area contributed by atoms with E-state index in [4.69, 9.17) is 0 Å². The molecule has 96 valence electrons. The van der Waals surface area contributed by atoms with Gasteiger partial charge in [-0.2, -0.15) is 10.4 Å². The fourth-order valence-corrected chi connectivity index (χ4v) is 2.49. The fourth-order valence-electron chi connectivity index (χ4n) is 2.49. The molecule has 1 aromatic rings. The molecule has 0 aliphatic heterocycles. The zero-order valence-electron chi connectivity index (χ0n) is 10.9. The summed E-state index contributed by atoms with van der Waals surface area (Å²) in [6, 6.07) is 4.02. The molecule has 1 heterocycles. The highest BCUT2D eigenvalue weighted by Crippen LogP contribution is 2.29. The lowest BCUT2D eigenvalue weighted by Crippen LogP contribution is -2.45. The maximum Gasteiger partial charge on any atom is 0.270 e. The van der Waals surface area contributed by atoms with E-state index < -0.39 is 5.54 Å². The minimum Gasteiger partial charge on any atom is -0.332 e. The second-order valence-corrected chi connectivity index (χ2v) is 4.84. The number of rotatable bonds is 3. The number of nitrogens with zero attached hydrogens (tertiary/aromatic N) is 3. The Kier molecular flexibility index (Phi) is 3.37. The van der Waals surface area contributed by atoms with Crippen LogP contribution in [0.5, 0.6) is 0 Å². The van der Waals surface area contributed by atoms with E-state index in [1.165, 1.54) is 0 Å². The van der Waals surface area contributed by atoms with Crippen LogP contribution in [0.25, 0.3) is 0 Å².